The molecule has 2 N–H and O–H groups in total. The number of halogens is 1. The molecule has 0 aliphatic carbocycles. The standard InChI is InChI=1S/C20H17FN4O4/c1-11(26)20(29)25(2)18-14-4-3-9-22-15(14)17(27)16(24-18)19(28)23-10-12-5-7-13(21)8-6-12/h3-9,27H,10H2,1-2H3,(H,23,28). The first kappa shape index (κ1) is 19.9. The topological polar surface area (TPSA) is 112 Å². The number of Topliss-reactive ketones (excluding diaryl/α,β-unsaturated/α-hetero) is 1. The zero-order chi connectivity index (χ0) is 21.1. The van der Waals surface area contributed by atoms with Gasteiger partial charge in [0.2, 0.25) is 5.78 Å². The van der Waals surface area contributed by atoms with Gasteiger partial charge in [-0.2, -0.15) is 0 Å². The number of fused-ring (bicyclic) bond motifs is 1. The number of benzene rings is 1. The lowest BCUT2D eigenvalue weighted by molar-refractivity contribution is -0.134. The molecule has 2 heterocycles. The van der Waals surface area contributed by atoms with Crippen molar-refractivity contribution < 1.29 is 23.9 Å². The lowest BCUT2D eigenvalue weighted by atomic mass is 10.1. The average Bonchev–Trinajstić information content (AvgIpc) is 2.72. The predicted molar refractivity (Wildman–Crippen MR) is 103 cm³/mol. The van der Waals surface area contributed by atoms with Crippen molar-refractivity contribution in [1.82, 2.24) is 15.3 Å². The molecule has 0 aliphatic rings. The maximum Gasteiger partial charge on any atom is 0.294 e. The van der Waals surface area contributed by atoms with E-state index >= 15 is 0 Å². The molecule has 9 heteroatoms. The van der Waals surface area contributed by atoms with Crippen molar-refractivity contribution in [2.45, 2.75) is 13.5 Å². The Bertz CT molecular complexity index is 1120. The van der Waals surface area contributed by atoms with Crippen LogP contribution in [0.3, 0.4) is 0 Å². The normalized spacial score (nSPS) is 10.6. The Balaban J connectivity index is 1.99. The summed E-state index contributed by atoms with van der Waals surface area (Å²) >= 11 is 0. The Morgan fingerprint density at radius 3 is 2.52 bits per heavy atom. The molecular weight excluding hydrogens is 379 g/mol. The second kappa shape index (κ2) is 8.01. The van der Waals surface area contributed by atoms with Crippen LogP contribution in [0.1, 0.15) is 23.0 Å². The summed E-state index contributed by atoms with van der Waals surface area (Å²) in [6.07, 6.45) is 1.42. The number of nitrogens with zero attached hydrogens (tertiary/aromatic N) is 3. The molecular formula is C20H17FN4O4. The van der Waals surface area contributed by atoms with E-state index in [2.05, 4.69) is 15.3 Å². The minimum atomic E-state index is -0.828. The van der Waals surface area contributed by atoms with Gasteiger partial charge in [-0.15, -0.1) is 0 Å². The van der Waals surface area contributed by atoms with Crippen LogP contribution in [-0.2, 0) is 16.1 Å². The van der Waals surface area contributed by atoms with Crippen molar-refractivity contribution in [3.63, 3.8) is 0 Å². The number of ketones is 1. The fraction of sp³-hybridized carbons (Fsp3) is 0.150. The number of rotatable bonds is 5. The van der Waals surface area contributed by atoms with Crippen LogP contribution >= 0.6 is 0 Å². The molecule has 0 spiro atoms. The number of hydrogen-bond donors (Lipinski definition) is 2. The molecule has 3 rings (SSSR count). The summed E-state index contributed by atoms with van der Waals surface area (Å²) in [6, 6.07) is 8.68. The quantitative estimate of drug-likeness (QED) is 0.638. The lowest BCUT2D eigenvalue weighted by Crippen LogP contribution is -2.33. The second-order valence-electron chi connectivity index (χ2n) is 6.26. The Kier molecular flexibility index (Phi) is 5.49. The number of aromatic nitrogens is 2. The molecule has 0 atom stereocenters. The van der Waals surface area contributed by atoms with Crippen molar-refractivity contribution in [3.8, 4) is 5.75 Å². The van der Waals surface area contributed by atoms with Gasteiger partial charge < -0.3 is 10.4 Å². The zero-order valence-electron chi connectivity index (χ0n) is 15.6. The highest BCUT2D eigenvalue weighted by molar-refractivity contribution is 6.40. The molecule has 1 aromatic carbocycles. The van der Waals surface area contributed by atoms with Gasteiger partial charge in [0.05, 0.1) is 0 Å². The van der Waals surface area contributed by atoms with E-state index < -0.39 is 29.2 Å². The predicted octanol–water partition coefficient (Wildman–Crippen LogP) is 1.96. The van der Waals surface area contributed by atoms with Crippen LogP contribution in [0.15, 0.2) is 42.6 Å². The Morgan fingerprint density at radius 2 is 1.86 bits per heavy atom. The summed E-state index contributed by atoms with van der Waals surface area (Å²) in [6.45, 7) is 1.19. The molecule has 0 unspecified atom stereocenters. The van der Waals surface area contributed by atoms with Gasteiger partial charge in [0.25, 0.3) is 11.8 Å². The van der Waals surface area contributed by atoms with Gasteiger partial charge in [-0.3, -0.25) is 24.3 Å². The van der Waals surface area contributed by atoms with E-state index in [4.69, 9.17) is 0 Å². The maximum absolute atomic E-state index is 13.0. The SMILES string of the molecule is CC(=O)C(=O)N(C)c1nc(C(=O)NCc2ccc(F)cc2)c(O)c2ncccc12. The number of amides is 2. The first-order valence-electron chi connectivity index (χ1n) is 8.58. The Labute approximate surface area is 165 Å². The summed E-state index contributed by atoms with van der Waals surface area (Å²) in [4.78, 5) is 45.4. The molecule has 0 saturated heterocycles. The van der Waals surface area contributed by atoms with Crippen molar-refractivity contribution in [2.24, 2.45) is 0 Å². The van der Waals surface area contributed by atoms with Crippen LogP contribution in [0.25, 0.3) is 10.9 Å². The van der Waals surface area contributed by atoms with E-state index in [-0.39, 0.29) is 23.6 Å². The van der Waals surface area contributed by atoms with E-state index in [9.17, 15) is 23.9 Å². The highest BCUT2D eigenvalue weighted by atomic mass is 19.1. The van der Waals surface area contributed by atoms with Gasteiger partial charge in [-0.1, -0.05) is 12.1 Å². The number of hydrogen-bond acceptors (Lipinski definition) is 6. The van der Waals surface area contributed by atoms with E-state index in [1.807, 2.05) is 0 Å². The van der Waals surface area contributed by atoms with Crippen molar-refractivity contribution in [3.05, 3.63) is 59.7 Å². The van der Waals surface area contributed by atoms with Gasteiger partial charge in [0.15, 0.2) is 11.4 Å². The molecule has 0 saturated carbocycles. The van der Waals surface area contributed by atoms with Crippen LogP contribution in [0, 0.1) is 5.82 Å². The molecule has 0 radical (unpaired) electrons. The highest BCUT2D eigenvalue weighted by Gasteiger charge is 2.25. The fourth-order valence-corrected chi connectivity index (χ4v) is 2.72. The number of carbonyl (C=O) groups is 3. The summed E-state index contributed by atoms with van der Waals surface area (Å²) in [5, 5.41) is 13.4. The van der Waals surface area contributed by atoms with Gasteiger partial charge in [0.1, 0.15) is 17.2 Å². The van der Waals surface area contributed by atoms with Crippen molar-refractivity contribution in [1.29, 1.82) is 0 Å². The van der Waals surface area contributed by atoms with E-state index in [0.29, 0.717) is 10.9 Å². The zero-order valence-corrected chi connectivity index (χ0v) is 15.6. The third-order valence-corrected chi connectivity index (χ3v) is 4.22. The van der Waals surface area contributed by atoms with Crippen molar-refractivity contribution >= 4 is 34.3 Å². The molecule has 0 bridgehead atoms. The number of pyridine rings is 2. The largest absolute Gasteiger partial charge is 0.504 e. The van der Waals surface area contributed by atoms with Gasteiger partial charge in [-0.25, -0.2) is 9.37 Å². The number of nitrogens with one attached hydrogen (secondary N) is 1. The fourth-order valence-electron chi connectivity index (χ4n) is 2.72. The molecule has 2 aromatic heterocycles. The highest BCUT2D eigenvalue weighted by Crippen LogP contribution is 2.32. The smallest absolute Gasteiger partial charge is 0.294 e. The summed E-state index contributed by atoms with van der Waals surface area (Å²) in [5.74, 6) is -3.09. The Hall–Kier alpha value is -3.88. The number of likely N-dealkylation sites (N-methyl/N-ethyl adjacent to an activating group) is 1. The van der Waals surface area contributed by atoms with Gasteiger partial charge in [0, 0.05) is 32.1 Å². The van der Waals surface area contributed by atoms with Gasteiger partial charge in [-0.05, 0) is 29.8 Å². The molecule has 2 amide bonds. The number of carbonyl (C=O) groups excluding carboxylic acids is 3. The van der Waals surface area contributed by atoms with Gasteiger partial charge >= 0.3 is 0 Å². The average molecular weight is 396 g/mol. The number of aromatic hydroxyl groups is 1. The van der Waals surface area contributed by atoms with Crippen LogP contribution in [-0.4, -0.2) is 39.7 Å². The second-order valence-corrected chi connectivity index (χ2v) is 6.26. The van der Waals surface area contributed by atoms with E-state index in [1.54, 1.807) is 12.1 Å². The minimum Gasteiger partial charge on any atom is -0.504 e. The molecule has 8 nitrogen and oxygen atoms in total. The monoisotopic (exact) mass is 396 g/mol. The first-order chi connectivity index (χ1) is 13.8. The molecule has 3 aromatic rings. The summed E-state index contributed by atoms with van der Waals surface area (Å²) < 4.78 is 13.0. The number of anilines is 1. The van der Waals surface area contributed by atoms with Crippen LogP contribution in [0.5, 0.6) is 5.75 Å². The van der Waals surface area contributed by atoms with Crippen LogP contribution < -0.4 is 10.2 Å². The molecule has 0 fully saturated rings. The minimum absolute atomic E-state index is 0.0121. The van der Waals surface area contributed by atoms with E-state index in [1.165, 1.54) is 37.5 Å². The molecule has 29 heavy (non-hydrogen) atoms. The summed E-state index contributed by atoms with van der Waals surface area (Å²) in [7, 11) is 1.34. The summed E-state index contributed by atoms with van der Waals surface area (Å²) in [5.41, 5.74) is 0.353. The Morgan fingerprint density at radius 1 is 1.17 bits per heavy atom. The third kappa shape index (κ3) is 4.03. The maximum atomic E-state index is 13.0. The molecule has 0 aliphatic heterocycles. The first-order valence-corrected chi connectivity index (χ1v) is 8.58. The van der Waals surface area contributed by atoms with Crippen LogP contribution in [0.2, 0.25) is 0 Å². The van der Waals surface area contributed by atoms with Crippen molar-refractivity contribution in [2.75, 3.05) is 11.9 Å². The lowest BCUT2D eigenvalue weighted by Gasteiger charge is -2.18. The van der Waals surface area contributed by atoms with Crippen LogP contribution in [0.4, 0.5) is 10.2 Å². The molecule has 148 valence electrons. The third-order valence-electron chi connectivity index (χ3n) is 4.22. The van der Waals surface area contributed by atoms with E-state index in [0.717, 1.165) is 11.8 Å².